The van der Waals surface area contributed by atoms with Gasteiger partial charge in [-0.1, -0.05) is 13.8 Å². The third kappa shape index (κ3) is 5.69. The number of nitrogens with one attached hydrogen (secondary N) is 2. The molecule has 4 nitrogen and oxygen atoms in total. The summed E-state index contributed by atoms with van der Waals surface area (Å²) in [6.45, 7) is 8.17. The largest absolute Gasteiger partial charge is 0.380 e. The summed E-state index contributed by atoms with van der Waals surface area (Å²) in [5.74, 6) is -0.705. The molecule has 0 unspecified atom stereocenters. The molecule has 20 heavy (non-hydrogen) atoms. The summed E-state index contributed by atoms with van der Waals surface area (Å²) >= 11 is 0. The van der Waals surface area contributed by atoms with E-state index in [-0.39, 0.29) is 11.6 Å². The Bertz CT molecular complexity index is 414. The maximum absolute atomic E-state index is 13.5. The summed E-state index contributed by atoms with van der Waals surface area (Å²) in [6, 6.07) is 0.826. The molecule has 0 saturated heterocycles. The number of ether oxygens (including phenoxy) is 1. The number of hydrogen-bond acceptors (Lipinski definition) is 4. The van der Waals surface area contributed by atoms with E-state index < -0.39 is 11.6 Å². The molecule has 0 fully saturated rings. The quantitative estimate of drug-likeness (QED) is 0.684. The minimum Gasteiger partial charge on any atom is -0.380 e. The lowest BCUT2D eigenvalue weighted by Crippen LogP contribution is -2.14. The molecule has 0 saturated carbocycles. The van der Waals surface area contributed by atoms with Crippen LogP contribution in [-0.4, -0.2) is 31.3 Å². The fraction of sp³-hybridized carbons (Fsp3) is 0.643. The standard InChI is InChI=1S/C14H23F2N3O/c1-4-17-13-11(15)9-12(16)14(19-13)18-6-8-20-7-5-10(2)3/h9-10H,4-8H2,1-3H3,(H2,17,18,19). The minimum absolute atomic E-state index is 0.0369. The van der Waals surface area contributed by atoms with Gasteiger partial charge in [-0.05, 0) is 19.3 Å². The second kappa shape index (κ2) is 8.68. The van der Waals surface area contributed by atoms with Crippen molar-refractivity contribution in [1.29, 1.82) is 0 Å². The number of hydrogen-bond donors (Lipinski definition) is 2. The molecule has 6 heteroatoms. The summed E-state index contributed by atoms with van der Waals surface area (Å²) in [5, 5.41) is 5.55. The molecule has 0 aliphatic carbocycles. The molecular formula is C14H23F2N3O. The van der Waals surface area contributed by atoms with E-state index in [1.807, 2.05) is 6.92 Å². The van der Waals surface area contributed by atoms with Crippen LogP contribution in [-0.2, 0) is 4.74 Å². The molecule has 0 aliphatic rings. The van der Waals surface area contributed by atoms with Crippen LogP contribution in [0.15, 0.2) is 6.07 Å². The van der Waals surface area contributed by atoms with Gasteiger partial charge in [0, 0.05) is 25.8 Å². The molecule has 0 aliphatic heterocycles. The van der Waals surface area contributed by atoms with Crippen molar-refractivity contribution in [2.75, 3.05) is 36.9 Å². The van der Waals surface area contributed by atoms with Gasteiger partial charge in [-0.25, -0.2) is 13.8 Å². The average Bonchev–Trinajstić information content (AvgIpc) is 2.38. The second-order valence-electron chi connectivity index (χ2n) is 4.90. The Labute approximate surface area is 118 Å². The molecule has 0 radical (unpaired) electrons. The number of nitrogens with zero attached hydrogens (tertiary/aromatic N) is 1. The van der Waals surface area contributed by atoms with Gasteiger partial charge in [0.05, 0.1) is 6.61 Å². The maximum atomic E-state index is 13.5. The normalized spacial score (nSPS) is 10.9. The second-order valence-corrected chi connectivity index (χ2v) is 4.90. The van der Waals surface area contributed by atoms with Gasteiger partial charge in [-0.3, -0.25) is 0 Å². The van der Waals surface area contributed by atoms with Crippen LogP contribution in [0, 0.1) is 17.6 Å². The van der Waals surface area contributed by atoms with Gasteiger partial charge in [0.15, 0.2) is 23.3 Å². The molecule has 1 rings (SSSR count). The number of anilines is 2. The highest BCUT2D eigenvalue weighted by molar-refractivity contribution is 5.47. The monoisotopic (exact) mass is 287 g/mol. The fourth-order valence-corrected chi connectivity index (χ4v) is 1.54. The Kier molecular flexibility index (Phi) is 7.22. The van der Waals surface area contributed by atoms with E-state index in [0.29, 0.717) is 32.2 Å². The van der Waals surface area contributed by atoms with E-state index in [4.69, 9.17) is 4.74 Å². The molecule has 0 aromatic carbocycles. The highest BCUT2D eigenvalue weighted by Crippen LogP contribution is 2.18. The van der Waals surface area contributed by atoms with Crippen molar-refractivity contribution in [2.45, 2.75) is 27.2 Å². The Morgan fingerprint density at radius 2 is 1.80 bits per heavy atom. The molecule has 0 atom stereocenters. The van der Waals surface area contributed by atoms with Crippen LogP contribution < -0.4 is 10.6 Å². The van der Waals surface area contributed by atoms with Crippen molar-refractivity contribution >= 4 is 11.6 Å². The molecule has 0 bridgehead atoms. The Morgan fingerprint density at radius 1 is 1.15 bits per heavy atom. The van der Waals surface area contributed by atoms with Gasteiger partial charge in [0.1, 0.15) is 0 Å². The summed E-state index contributed by atoms with van der Waals surface area (Å²) in [5.41, 5.74) is 0. The van der Waals surface area contributed by atoms with Crippen LogP contribution in [0.2, 0.25) is 0 Å². The number of rotatable bonds is 9. The number of pyridine rings is 1. The summed E-state index contributed by atoms with van der Waals surface area (Å²) < 4.78 is 32.3. The van der Waals surface area contributed by atoms with Gasteiger partial charge in [0.25, 0.3) is 0 Å². The topological polar surface area (TPSA) is 46.2 Å². The van der Waals surface area contributed by atoms with Gasteiger partial charge in [0.2, 0.25) is 0 Å². The lowest BCUT2D eigenvalue weighted by molar-refractivity contribution is 0.132. The zero-order valence-corrected chi connectivity index (χ0v) is 12.3. The van der Waals surface area contributed by atoms with Crippen molar-refractivity contribution in [2.24, 2.45) is 5.92 Å². The average molecular weight is 287 g/mol. The summed E-state index contributed by atoms with van der Waals surface area (Å²) in [6.07, 6.45) is 0.994. The Hall–Kier alpha value is -1.43. The Morgan fingerprint density at radius 3 is 2.40 bits per heavy atom. The first-order chi connectivity index (χ1) is 9.54. The SMILES string of the molecule is CCNc1nc(NCCOCCC(C)C)c(F)cc1F. The van der Waals surface area contributed by atoms with Gasteiger partial charge < -0.3 is 15.4 Å². The van der Waals surface area contributed by atoms with Gasteiger partial charge >= 0.3 is 0 Å². The van der Waals surface area contributed by atoms with E-state index in [1.54, 1.807) is 0 Å². The van der Waals surface area contributed by atoms with Crippen molar-refractivity contribution in [3.63, 3.8) is 0 Å². The summed E-state index contributed by atoms with van der Waals surface area (Å²) in [4.78, 5) is 3.88. The fourth-order valence-electron chi connectivity index (χ4n) is 1.54. The zero-order chi connectivity index (χ0) is 15.0. The molecule has 2 N–H and O–H groups in total. The third-order valence-electron chi connectivity index (χ3n) is 2.65. The van der Waals surface area contributed by atoms with Gasteiger partial charge in [-0.2, -0.15) is 0 Å². The first-order valence-corrected chi connectivity index (χ1v) is 6.96. The van der Waals surface area contributed by atoms with Crippen LogP contribution in [0.3, 0.4) is 0 Å². The van der Waals surface area contributed by atoms with E-state index in [9.17, 15) is 8.78 Å². The molecule has 1 aromatic rings. The van der Waals surface area contributed by atoms with Crippen LogP contribution in [0.5, 0.6) is 0 Å². The highest BCUT2D eigenvalue weighted by atomic mass is 19.1. The van der Waals surface area contributed by atoms with Crippen molar-refractivity contribution < 1.29 is 13.5 Å². The van der Waals surface area contributed by atoms with E-state index in [0.717, 1.165) is 12.5 Å². The van der Waals surface area contributed by atoms with Crippen LogP contribution in [0.25, 0.3) is 0 Å². The van der Waals surface area contributed by atoms with Crippen molar-refractivity contribution in [3.05, 3.63) is 17.7 Å². The Balaban J connectivity index is 2.41. The van der Waals surface area contributed by atoms with Crippen LogP contribution >= 0.6 is 0 Å². The van der Waals surface area contributed by atoms with Gasteiger partial charge in [-0.15, -0.1) is 0 Å². The molecule has 0 amide bonds. The zero-order valence-electron chi connectivity index (χ0n) is 12.3. The highest BCUT2D eigenvalue weighted by Gasteiger charge is 2.10. The van der Waals surface area contributed by atoms with Crippen LogP contribution in [0.4, 0.5) is 20.4 Å². The van der Waals surface area contributed by atoms with E-state index >= 15 is 0 Å². The summed E-state index contributed by atoms with van der Waals surface area (Å²) in [7, 11) is 0. The van der Waals surface area contributed by atoms with Crippen LogP contribution in [0.1, 0.15) is 27.2 Å². The van der Waals surface area contributed by atoms with Crippen molar-refractivity contribution in [3.8, 4) is 0 Å². The first-order valence-electron chi connectivity index (χ1n) is 6.96. The van der Waals surface area contributed by atoms with E-state index in [2.05, 4.69) is 29.5 Å². The number of aromatic nitrogens is 1. The maximum Gasteiger partial charge on any atom is 0.168 e. The molecule has 114 valence electrons. The molecule has 0 spiro atoms. The minimum atomic E-state index is -0.702. The first kappa shape index (κ1) is 16.6. The lowest BCUT2D eigenvalue weighted by atomic mass is 10.1. The van der Waals surface area contributed by atoms with E-state index in [1.165, 1.54) is 0 Å². The number of halogens is 2. The predicted octanol–water partition coefficient (Wildman–Crippen LogP) is 3.27. The molecular weight excluding hydrogens is 264 g/mol. The predicted molar refractivity (Wildman–Crippen MR) is 77.1 cm³/mol. The third-order valence-corrected chi connectivity index (χ3v) is 2.65. The smallest absolute Gasteiger partial charge is 0.168 e. The van der Waals surface area contributed by atoms with Crippen molar-refractivity contribution in [1.82, 2.24) is 4.98 Å². The molecule has 1 heterocycles. The molecule has 1 aromatic heterocycles. The lowest BCUT2D eigenvalue weighted by Gasteiger charge is -2.11.